The van der Waals surface area contributed by atoms with Gasteiger partial charge in [-0.25, -0.2) is 16.3 Å². The number of hydroxylamine groups is 1. The van der Waals surface area contributed by atoms with Gasteiger partial charge in [-0.15, -0.1) is 0 Å². The van der Waals surface area contributed by atoms with Crippen LogP contribution >= 0.6 is 0 Å². The van der Waals surface area contributed by atoms with E-state index in [-0.39, 0.29) is 37.3 Å². The number of anilines is 1. The number of rotatable bonds is 17. The maximum Gasteiger partial charge on any atom is 0.248 e. The van der Waals surface area contributed by atoms with Crippen molar-refractivity contribution in [3.8, 4) is 0 Å². The number of amides is 2. The van der Waals surface area contributed by atoms with Gasteiger partial charge < -0.3 is 9.88 Å². The highest BCUT2D eigenvalue weighted by Crippen LogP contribution is 2.43. The summed E-state index contributed by atoms with van der Waals surface area (Å²) in [6.07, 6.45) is 5.55. The van der Waals surface area contributed by atoms with Crippen LogP contribution in [0, 0.1) is 29.1 Å². The van der Waals surface area contributed by atoms with Crippen molar-refractivity contribution in [1.82, 2.24) is 20.5 Å². The smallest absolute Gasteiger partial charge is 0.248 e. The monoisotopic (exact) mass is 576 g/mol. The fourth-order valence-electron chi connectivity index (χ4n) is 5.60. The van der Waals surface area contributed by atoms with E-state index in [1.54, 1.807) is 23.3 Å². The summed E-state index contributed by atoms with van der Waals surface area (Å²) in [6.45, 7) is 8.17. The van der Waals surface area contributed by atoms with Crippen LogP contribution in [0.5, 0.6) is 0 Å². The number of Topliss-reactive ketones (excluding diaryl/α,β-unsaturated/α-hetero) is 1. The predicted molar refractivity (Wildman–Crippen MR) is 162 cm³/mol. The van der Waals surface area contributed by atoms with E-state index in [9.17, 15) is 14.4 Å². The van der Waals surface area contributed by atoms with Gasteiger partial charge in [0.1, 0.15) is 0 Å². The highest BCUT2D eigenvalue weighted by molar-refractivity contribution is 5.95. The Morgan fingerprint density at radius 2 is 1.62 bits per heavy atom. The Kier molecular flexibility index (Phi) is 12.3. The molecule has 0 saturated heterocycles. The first-order valence-corrected chi connectivity index (χ1v) is 14.4. The molecule has 10 nitrogen and oxygen atoms in total. The number of imidazole rings is 1. The fourth-order valence-corrected chi connectivity index (χ4v) is 5.60. The predicted octanol–water partition coefficient (Wildman–Crippen LogP) is 4.11. The summed E-state index contributed by atoms with van der Waals surface area (Å²) in [7, 11) is 0. The van der Waals surface area contributed by atoms with E-state index in [1.807, 2.05) is 88.4 Å². The Hall–Kier alpha value is -4.02. The van der Waals surface area contributed by atoms with E-state index in [4.69, 9.17) is 10.7 Å². The van der Waals surface area contributed by atoms with E-state index < -0.39 is 29.1 Å². The summed E-state index contributed by atoms with van der Waals surface area (Å²) in [4.78, 5) is 52.0. The van der Waals surface area contributed by atoms with Crippen molar-refractivity contribution < 1.29 is 19.2 Å². The fraction of sp³-hybridized carbons (Fsp3) is 0.438. The molecule has 42 heavy (non-hydrogen) atoms. The van der Waals surface area contributed by atoms with Crippen LogP contribution in [0.4, 0.5) is 5.69 Å². The zero-order chi connectivity index (χ0) is 30.5. The van der Waals surface area contributed by atoms with Crippen LogP contribution in [0.1, 0.15) is 46.1 Å². The first kappa shape index (κ1) is 32.5. The topological polar surface area (TPSA) is 140 Å². The number of hydrogen-bond acceptors (Lipinski definition) is 7. The first-order chi connectivity index (χ1) is 20.2. The minimum atomic E-state index is -1.32. The lowest BCUT2D eigenvalue weighted by Crippen LogP contribution is -2.57. The molecule has 2 amide bonds. The van der Waals surface area contributed by atoms with Crippen LogP contribution in [0.15, 0.2) is 79.4 Å². The van der Waals surface area contributed by atoms with Crippen LogP contribution < -0.4 is 22.1 Å². The lowest BCUT2D eigenvalue weighted by Gasteiger charge is -2.43. The van der Waals surface area contributed by atoms with Crippen LogP contribution in [0.2, 0.25) is 0 Å². The Morgan fingerprint density at radius 3 is 2.19 bits per heavy atom. The molecule has 3 aromatic rings. The lowest BCUT2D eigenvalue weighted by molar-refractivity contribution is -0.157. The van der Waals surface area contributed by atoms with Crippen LogP contribution in [0.3, 0.4) is 0 Å². The third-order valence-corrected chi connectivity index (χ3v) is 7.33. The van der Waals surface area contributed by atoms with Crippen LogP contribution in [0.25, 0.3) is 0 Å². The van der Waals surface area contributed by atoms with Gasteiger partial charge in [0.05, 0.1) is 36.7 Å². The molecular formula is C32H44N6O4. The number of nitrogens with one attached hydrogen (secondary N) is 3. The summed E-state index contributed by atoms with van der Waals surface area (Å²) in [5.74, 6) is 2.48. The molecule has 0 saturated carbocycles. The molecule has 1 unspecified atom stereocenters. The number of benzene rings is 2. The van der Waals surface area contributed by atoms with Gasteiger partial charge in [-0.2, -0.15) is 0 Å². The number of hydrazine groups is 1. The summed E-state index contributed by atoms with van der Waals surface area (Å²) in [6, 6.07) is 18.9. The van der Waals surface area contributed by atoms with Crippen molar-refractivity contribution in [3.63, 3.8) is 0 Å². The summed E-state index contributed by atoms with van der Waals surface area (Å²) in [5.41, 5.74) is 5.20. The first-order valence-electron chi connectivity index (χ1n) is 14.4. The Balaban J connectivity index is 2.12. The van der Waals surface area contributed by atoms with Gasteiger partial charge in [-0.1, -0.05) is 76.2 Å². The third-order valence-electron chi connectivity index (χ3n) is 7.33. The number of para-hydroxylation sites is 1. The van der Waals surface area contributed by atoms with Crippen LogP contribution in [-0.2, 0) is 32.4 Å². The molecule has 1 heterocycles. The Bertz CT molecular complexity index is 1250. The standard InChI is InChI=1S/C32H44N6O4/c1-23(2)17-27(30(40)36-33)29(31(41)37-42-20-25-11-7-5-8-12-25)32(18-24(3)4,21-35-26-13-9-6-10-14-26)28(39)19-38-16-15-34-22-38/h5-16,22-24,27,29,35H,17-21,33H2,1-4H3,(H,36,40)(H,37,41)/t27-,29-,32?/m1/s1. The van der Waals surface area contributed by atoms with Crippen molar-refractivity contribution >= 4 is 23.3 Å². The number of nitrogens with zero attached hydrogens (tertiary/aromatic N) is 2. The molecule has 0 bridgehead atoms. The van der Waals surface area contributed by atoms with Crippen molar-refractivity contribution in [3.05, 3.63) is 84.9 Å². The van der Waals surface area contributed by atoms with Crippen molar-refractivity contribution in [2.24, 2.45) is 34.9 Å². The van der Waals surface area contributed by atoms with Crippen molar-refractivity contribution in [2.75, 3.05) is 11.9 Å². The molecule has 0 aliphatic carbocycles. The van der Waals surface area contributed by atoms with Gasteiger partial charge in [-0.05, 0) is 42.4 Å². The van der Waals surface area contributed by atoms with E-state index >= 15 is 0 Å². The second kappa shape index (κ2) is 15.8. The molecule has 0 radical (unpaired) electrons. The summed E-state index contributed by atoms with van der Waals surface area (Å²) in [5, 5.41) is 3.40. The molecule has 0 aliphatic heterocycles. The number of hydrogen-bond donors (Lipinski definition) is 4. The van der Waals surface area contributed by atoms with E-state index in [0.717, 1.165) is 11.3 Å². The molecular weight excluding hydrogens is 532 g/mol. The highest BCUT2D eigenvalue weighted by atomic mass is 16.6. The molecule has 5 N–H and O–H groups in total. The van der Waals surface area contributed by atoms with Gasteiger partial charge in [0, 0.05) is 24.6 Å². The van der Waals surface area contributed by atoms with E-state index in [1.165, 1.54) is 0 Å². The number of aromatic nitrogens is 2. The molecule has 0 aliphatic rings. The second-order valence-electron chi connectivity index (χ2n) is 11.6. The normalized spacial score (nSPS) is 14.2. The van der Waals surface area contributed by atoms with Gasteiger partial charge in [0.15, 0.2) is 5.78 Å². The minimum absolute atomic E-state index is 0.00971. The maximum atomic E-state index is 14.6. The highest BCUT2D eigenvalue weighted by Gasteiger charge is 2.54. The molecule has 1 aromatic heterocycles. The quantitative estimate of drug-likeness (QED) is 0.108. The van der Waals surface area contributed by atoms with Crippen molar-refractivity contribution in [2.45, 2.75) is 53.7 Å². The van der Waals surface area contributed by atoms with Gasteiger partial charge in [0.25, 0.3) is 0 Å². The number of carbonyl (C=O) groups excluding carboxylic acids is 3. The SMILES string of the molecule is CC(C)C[C@@H](C(=O)NN)[C@H](C(=O)NOCc1ccccc1)C(CNc1ccccc1)(CC(C)C)C(=O)Cn1ccnc1. The lowest BCUT2D eigenvalue weighted by atomic mass is 9.61. The zero-order valence-corrected chi connectivity index (χ0v) is 25.0. The molecule has 10 heteroatoms. The second-order valence-corrected chi connectivity index (χ2v) is 11.6. The molecule has 0 spiro atoms. The Labute approximate surface area is 248 Å². The molecule has 2 aromatic carbocycles. The molecule has 0 fully saturated rings. The average Bonchev–Trinajstić information content (AvgIpc) is 3.48. The average molecular weight is 577 g/mol. The van der Waals surface area contributed by atoms with Crippen molar-refractivity contribution in [1.29, 1.82) is 0 Å². The van der Waals surface area contributed by atoms with Gasteiger partial charge in [-0.3, -0.25) is 24.6 Å². The largest absolute Gasteiger partial charge is 0.384 e. The Morgan fingerprint density at radius 1 is 0.952 bits per heavy atom. The maximum absolute atomic E-state index is 14.6. The number of carbonyl (C=O) groups is 3. The number of nitrogens with two attached hydrogens (primary N) is 1. The third kappa shape index (κ3) is 8.99. The van der Waals surface area contributed by atoms with E-state index in [0.29, 0.717) is 12.8 Å². The summed E-state index contributed by atoms with van der Waals surface area (Å²) >= 11 is 0. The zero-order valence-electron chi connectivity index (χ0n) is 25.0. The van der Waals surface area contributed by atoms with Gasteiger partial charge in [0.2, 0.25) is 11.8 Å². The van der Waals surface area contributed by atoms with Crippen LogP contribution in [-0.4, -0.2) is 33.7 Å². The summed E-state index contributed by atoms with van der Waals surface area (Å²) < 4.78 is 1.68. The minimum Gasteiger partial charge on any atom is -0.384 e. The van der Waals surface area contributed by atoms with Gasteiger partial charge >= 0.3 is 0 Å². The molecule has 226 valence electrons. The van der Waals surface area contributed by atoms with E-state index in [2.05, 4.69) is 21.2 Å². The molecule has 3 atom stereocenters. The molecule has 3 rings (SSSR count). The number of ketones is 1.